The van der Waals surface area contributed by atoms with Crippen LogP contribution in [0, 0.1) is 12.3 Å². The van der Waals surface area contributed by atoms with Crippen LogP contribution in [0.1, 0.15) is 15.9 Å². The molecule has 0 bridgehead atoms. The summed E-state index contributed by atoms with van der Waals surface area (Å²) in [6, 6.07) is 15.7. The number of nitrogens with two attached hydrogens (primary N) is 1. The van der Waals surface area contributed by atoms with E-state index in [1.54, 1.807) is 42.5 Å². The molecule has 0 spiro atoms. The van der Waals surface area contributed by atoms with Crippen LogP contribution in [0.3, 0.4) is 0 Å². The Balaban J connectivity index is 2.23. The number of benzene rings is 3. The number of carboxylic acid groups (broad SMARTS) is 1. The van der Waals surface area contributed by atoms with Crippen molar-refractivity contribution >= 4 is 22.6 Å². The molecule has 26 heavy (non-hydrogen) atoms. The molecule has 1 heterocycles. The van der Waals surface area contributed by atoms with Crippen molar-refractivity contribution in [1.82, 2.24) is 0 Å². The molecule has 5 nitrogen and oxygen atoms in total. The minimum Gasteiger partial charge on any atom is -0.478 e. The smallest absolute Gasteiger partial charge is 0.336 e. The van der Waals surface area contributed by atoms with Gasteiger partial charge in [0.1, 0.15) is 11.3 Å². The molecule has 5 heteroatoms. The van der Waals surface area contributed by atoms with Gasteiger partial charge in [0.05, 0.1) is 10.9 Å². The summed E-state index contributed by atoms with van der Waals surface area (Å²) in [5.41, 5.74) is 10.3. The van der Waals surface area contributed by atoms with E-state index in [2.05, 4.69) is 0 Å². The monoisotopic (exact) mass is 344 g/mol. The SMILES string of the molecule is Cc1ccc(C(=O)O)c(-c2c3ccc(=N)cc-3oc3cc(N)ccc23)c1. The maximum atomic E-state index is 11.8. The first-order valence-electron chi connectivity index (χ1n) is 8.09. The standard InChI is InChI=1S/C21H16N2O3/c1-11-2-5-14(21(24)25)17(8-11)20-15-6-3-12(22)9-18(15)26-19-10-13(23)4-7-16(19)20/h2-10,22H,23H2,1H3,(H,24,25). The van der Waals surface area contributed by atoms with E-state index >= 15 is 0 Å². The molecule has 128 valence electrons. The highest BCUT2D eigenvalue weighted by Gasteiger charge is 2.21. The zero-order valence-electron chi connectivity index (χ0n) is 14.0. The summed E-state index contributed by atoms with van der Waals surface area (Å²) in [4.78, 5) is 11.8. The molecule has 1 aliphatic carbocycles. The summed E-state index contributed by atoms with van der Waals surface area (Å²) in [5.74, 6) is -0.474. The minimum atomic E-state index is -0.991. The topological polar surface area (TPSA) is 100 Å². The summed E-state index contributed by atoms with van der Waals surface area (Å²) in [5, 5.41) is 18.6. The van der Waals surface area contributed by atoms with Crippen LogP contribution >= 0.6 is 0 Å². The van der Waals surface area contributed by atoms with Crippen LogP contribution in [0.5, 0.6) is 0 Å². The Bertz CT molecular complexity index is 1210. The maximum absolute atomic E-state index is 11.8. The summed E-state index contributed by atoms with van der Waals surface area (Å²) < 4.78 is 5.95. The number of aromatic carboxylic acids is 1. The molecule has 1 aliphatic heterocycles. The van der Waals surface area contributed by atoms with Gasteiger partial charge in [-0.3, -0.25) is 0 Å². The normalized spacial score (nSPS) is 11.1. The van der Waals surface area contributed by atoms with Gasteiger partial charge < -0.3 is 20.7 Å². The number of nitrogen functional groups attached to an aromatic ring is 1. The van der Waals surface area contributed by atoms with Crippen molar-refractivity contribution in [3.63, 3.8) is 0 Å². The van der Waals surface area contributed by atoms with Crippen LogP contribution in [0.25, 0.3) is 33.4 Å². The van der Waals surface area contributed by atoms with E-state index in [4.69, 9.17) is 15.6 Å². The van der Waals surface area contributed by atoms with Gasteiger partial charge in [-0.1, -0.05) is 17.7 Å². The van der Waals surface area contributed by atoms with E-state index in [1.165, 1.54) is 0 Å². The van der Waals surface area contributed by atoms with Gasteiger partial charge in [0, 0.05) is 34.3 Å². The molecule has 4 rings (SSSR count). The Morgan fingerprint density at radius 1 is 1.04 bits per heavy atom. The zero-order chi connectivity index (χ0) is 18.4. The highest BCUT2D eigenvalue weighted by molar-refractivity contribution is 6.07. The predicted octanol–water partition coefficient (Wildman–Crippen LogP) is 4.27. The second-order valence-electron chi connectivity index (χ2n) is 6.30. The number of hydrogen-bond acceptors (Lipinski definition) is 4. The highest BCUT2D eigenvalue weighted by atomic mass is 16.4. The van der Waals surface area contributed by atoms with Crippen molar-refractivity contribution in [2.24, 2.45) is 0 Å². The number of hydrogen-bond donors (Lipinski definition) is 3. The molecule has 2 aromatic carbocycles. The average molecular weight is 344 g/mol. The van der Waals surface area contributed by atoms with Gasteiger partial charge in [-0.25, -0.2) is 4.79 Å². The Hall–Kier alpha value is -3.60. The summed E-state index contributed by atoms with van der Waals surface area (Å²) >= 11 is 0. The third-order valence-corrected chi connectivity index (χ3v) is 4.42. The van der Waals surface area contributed by atoms with Crippen molar-refractivity contribution in [3.05, 3.63) is 71.1 Å². The van der Waals surface area contributed by atoms with Gasteiger partial charge in [0.25, 0.3) is 0 Å². The second-order valence-corrected chi connectivity index (χ2v) is 6.30. The van der Waals surface area contributed by atoms with Crippen LogP contribution < -0.4 is 11.1 Å². The van der Waals surface area contributed by atoms with Gasteiger partial charge >= 0.3 is 5.97 Å². The van der Waals surface area contributed by atoms with Crippen molar-refractivity contribution in [2.45, 2.75) is 6.92 Å². The van der Waals surface area contributed by atoms with Crippen LogP contribution in [-0.2, 0) is 0 Å². The van der Waals surface area contributed by atoms with Gasteiger partial charge in [0.2, 0.25) is 0 Å². The highest BCUT2D eigenvalue weighted by Crippen LogP contribution is 2.41. The molecule has 4 N–H and O–H groups in total. The lowest BCUT2D eigenvalue weighted by Crippen LogP contribution is -2.04. The molecule has 0 saturated heterocycles. The van der Waals surface area contributed by atoms with Crippen molar-refractivity contribution in [1.29, 1.82) is 5.41 Å². The molecule has 0 fully saturated rings. The van der Waals surface area contributed by atoms with Crippen LogP contribution in [0.15, 0.2) is 59.0 Å². The number of anilines is 1. The fourth-order valence-electron chi connectivity index (χ4n) is 3.25. The number of rotatable bonds is 2. The Morgan fingerprint density at radius 3 is 2.62 bits per heavy atom. The van der Waals surface area contributed by atoms with Crippen LogP contribution in [-0.4, -0.2) is 11.1 Å². The van der Waals surface area contributed by atoms with E-state index in [9.17, 15) is 9.90 Å². The van der Waals surface area contributed by atoms with Crippen LogP contribution in [0.2, 0.25) is 0 Å². The van der Waals surface area contributed by atoms with Gasteiger partial charge in [-0.2, -0.15) is 0 Å². The Labute approximate surface area is 149 Å². The first kappa shape index (κ1) is 15.9. The third kappa shape index (κ3) is 2.50. The minimum absolute atomic E-state index is 0.219. The molecule has 0 atom stereocenters. The summed E-state index contributed by atoms with van der Waals surface area (Å²) in [6.07, 6.45) is 0. The maximum Gasteiger partial charge on any atom is 0.336 e. The van der Waals surface area contributed by atoms with Crippen molar-refractivity contribution in [2.75, 3.05) is 5.73 Å². The number of fused-ring (bicyclic) bond motifs is 2. The quantitative estimate of drug-likeness (QED) is 0.373. The average Bonchev–Trinajstić information content (AvgIpc) is 2.59. The number of carboxylic acids is 1. The first-order chi connectivity index (χ1) is 12.4. The van der Waals surface area contributed by atoms with E-state index in [0.717, 1.165) is 22.1 Å². The van der Waals surface area contributed by atoms with E-state index in [1.807, 2.05) is 19.1 Å². The molecule has 0 saturated carbocycles. The molecule has 0 unspecified atom stereocenters. The Morgan fingerprint density at radius 2 is 1.85 bits per heavy atom. The van der Waals surface area contributed by atoms with E-state index < -0.39 is 5.97 Å². The first-order valence-corrected chi connectivity index (χ1v) is 8.09. The Kier molecular flexibility index (Phi) is 3.51. The lowest BCUT2D eigenvalue weighted by molar-refractivity contribution is 0.0697. The summed E-state index contributed by atoms with van der Waals surface area (Å²) in [6.45, 7) is 1.92. The predicted molar refractivity (Wildman–Crippen MR) is 100 cm³/mol. The largest absolute Gasteiger partial charge is 0.478 e. The lowest BCUT2D eigenvalue weighted by atomic mass is 9.90. The fraction of sp³-hybridized carbons (Fsp3) is 0.0476. The number of nitrogens with one attached hydrogen (secondary N) is 1. The van der Waals surface area contributed by atoms with E-state index in [-0.39, 0.29) is 5.56 Å². The second kappa shape index (κ2) is 5.74. The molecule has 0 aromatic heterocycles. The molecule has 2 aromatic rings. The van der Waals surface area contributed by atoms with Crippen LogP contribution in [0.4, 0.5) is 5.69 Å². The molecule has 2 aliphatic rings. The number of carbonyl (C=O) groups is 1. The zero-order valence-corrected chi connectivity index (χ0v) is 14.0. The molecule has 0 radical (unpaired) electrons. The lowest BCUT2D eigenvalue weighted by Gasteiger charge is -2.17. The van der Waals surface area contributed by atoms with Crippen molar-refractivity contribution in [3.8, 4) is 22.5 Å². The molecular weight excluding hydrogens is 328 g/mol. The van der Waals surface area contributed by atoms with E-state index in [0.29, 0.717) is 28.0 Å². The van der Waals surface area contributed by atoms with Gasteiger partial charge in [0.15, 0.2) is 0 Å². The third-order valence-electron chi connectivity index (χ3n) is 4.42. The van der Waals surface area contributed by atoms with Gasteiger partial charge in [-0.15, -0.1) is 0 Å². The fourth-order valence-corrected chi connectivity index (χ4v) is 3.25. The van der Waals surface area contributed by atoms with Gasteiger partial charge in [-0.05, 0) is 42.8 Å². The van der Waals surface area contributed by atoms with Crippen molar-refractivity contribution < 1.29 is 14.3 Å². The molecule has 0 amide bonds. The summed E-state index contributed by atoms with van der Waals surface area (Å²) in [7, 11) is 0. The number of aryl methyl sites for hydroxylation is 1. The molecular formula is C21H16N2O3.